The van der Waals surface area contributed by atoms with Crippen molar-refractivity contribution in [3.8, 4) is 5.75 Å². The van der Waals surface area contributed by atoms with Crippen LogP contribution in [0.25, 0.3) is 0 Å². The average molecular weight is 579 g/mol. The van der Waals surface area contributed by atoms with E-state index in [9.17, 15) is 42.6 Å². The number of hydrogen-bond donors (Lipinski definition) is 4. The summed E-state index contributed by atoms with van der Waals surface area (Å²) in [6, 6.07) is -0.961. The zero-order chi connectivity index (χ0) is 30.5. The highest BCUT2D eigenvalue weighted by Crippen LogP contribution is 2.54. The van der Waals surface area contributed by atoms with Crippen LogP contribution >= 0.6 is 0 Å². The number of phenolic OH excluding ortho intramolecular Hbond substituents is 1. The van der Waals surface area contributed by atoms with Crippen LogP contribution in [0.3, 0.4) is 0 Å². The van der Waals surface area contributed by atoms with Crippen molar-refractivity contribution >= 4 is 29.0 Å². The largest absolute Gasteiger partial charge is 0.507 e. The number of ketones is 3. The monoisotopic (exact) mass is 578 g/mol. The molecule has 222 valence electrons. The van der Waals surface area contributed by atoms with Gasteiger partial charge in [0.2, 0.25) is 5.91 Å². The molecule has 1 aliphatic heterocycles. The lowest BCUT2D eigenvalue weighted by atomic mass is 9.52. The second-order valence-corrected chi connectivity index (χ2v) is 12.2. The van der Waals surface area contributed by atoms with E-state index >= 15 is 0 Å². The van der Waals surface area contributed by atoms with Crippen LogP contribution < -0.4 is 5.73 Å². The number of likely N-dealkylation sites (N-methyl/N-ethyl adjacent to an activating group) is 1. The highest BCUT2D eigenvalue weighted by Gasteiger charge is 2.68. The number of aromatic hydroxyl groups is 1. The fraction of sp³-hybridized carbons (Fsp3) is 0.607. The number of aliphatic hydroxyl groups is 1. The van der Waals surface area contributed by atoms with E-state index in [4.69, 9.17) is 11.1 Å². The van der Waals surface area contributed by atoms with E-state index in [1.165, 1.54) is 19.0 Å². The molecule has 8 unspecified atom stereocenters. The molecule has 1 heterocycles. The van der Waals surface area contributed by atoms with Crippen LogP contribution in [0.1, 0.15) is 52.9 Å². The quantitative estimate of drug-likeness (QED) is 0.390. The Morgan fingerprint density at radius 3 is 2.39 bits per heavy atom. The van der Waals surface area contributed by atoms with Crippen molar-refractivity contribution in [3.05, 3.63) is 28.3 Å². The molecule has 5 rings (SSSR count). The van der Waals surface area contributed by atoms with Gasteiger partial charge in [0.05, 0.1) is 28.8 Å². The number of alkyl halides is 3. The molecule has 0 bridgehead atoms. The third kappa shape index (κ3) is 3.99. The molecule has 0 aromatic heterocycles. The van der Waals surface area contributed by atoms with Gasteiger partial charge < -0.3 is 21.4 Å². The van der Waals surface area contributed by atoms with Gasteiger partial charge in [0.25, 0.3) is 0 Å². The van der Waals surface area contributed by atoms with E-state index in [0.29, 0.717) is 13.0 Å². The zero-order valence-electron chi connectivity index (χ0n) is 23.1. The maximum absolute atomic E-state index is 14.8. The Bertz CT molecular complexity index is 1380. The predicted octanol–water partition coefficient (Wildman–Crippen LogP) is 1.35. The summed E-state index contributed by atoms with van der Waals surface area (Å²) in [5.41, 5.74) is -0.472. The lowest BCUT2D eigenvalue weighted by Crippen LogP contribution is -2.73. The number of nitrogens with zero attached hydrogens (tertiary/aromatic N) is 2. The number of hydrogen-bond acceptors (Lipinski definition) is 9. The summed E-state index contributed by atoms with van der Waals surface area (Å²) in [6.45, 7) is 2.37. The fourth-order valence-electron chi connectivity index (χ4n) is 8.01. The molecule has 10 nitrogen and oxygen atoms in total. The molecule has 1 aromatic rings. The zero-order valence-corrected chi connectivity index (χ0v) is 23.1. The molecule has 2 saturated carbocycles. The second-order valence-electron chi connectivity index (χ2n) is 12.2. The fourth-order valence-corrected chi connectivity index (χ4v) is 8.01. The van der Waals surface area contributed by atoms with Crippen LogP contribution in [0.2, 0.25) is 0 Å². The van der Waals surface area contributed by atoms with Gasteiger partial charge in [-0.15, -0.1) is 0 Å². The summed E-state index contributed by atoms with van der Waals surface area (Å²) >= 11 is 0. The van der Waals surface area contributed by atoms with Gasteiger partial charge in [-0.2, -0.15) is 13.2 Å². The molecule has 41 heavy (non-hydrogen) atoms. The van der Waals surface area contributed by atoms with Gasteiger partial charge in [-0.3, -0.25) is 29.0 Å². The molecule has 0 spiro atoms. The minimum Gasteiger partial charge on any atom is -0.507 e. The summed E-state index contributed by atoms with van der Waals surface area (Å²) < 4.78 is 44.3. The van der Waals surface area contributed by atoms with Gasteiger partial charge in [0.1, 0.15) is 11.7 Å². The number of nitrogens with one attached hydrogen (secondary N) is 1. The maximum atomic E-state index is 14.8. The van der Waals surface area contributed by atoms with Crippen LogP contribution in [0.15, 0.2) is 6.07 Å². The Hall–Kier alpha value is -3.16. The third-order valence-electron chi connectivity index (χ3n) is 9.71. The van der Waals surface area contributed by atoms with E-state index in [1.54, 1.807) is 11.9 Å². The first-order chi connectivity index (χ1) is 18.9. The van der Waals surface area contributed by atoms with Gasteiger partial charge in [0.15, 0.2) is 23.0 Å². The Kier molecular flexibility index (Phi) is 6.75. The first kappa shape index (κ1) is 29.3. The lowest BCUT2D eigenvalue weighted by molar-refractivity contribution is -0.157. The van der Waals surface area contributed by atoms with Gasteiger partial charge in [-0.05, 0) is 76.0 Å². The molecule has 8 atom stereocenters. The predicted molar refractivity (Wildman–Crippen MR) is 138 cm³/mol. The molecule has 13 heteroatoms. The van der Waals surface area contributed by atoms with E-state index in [1.807, 2.05) is 6.92 Å². The molecule has 3 fully saturated rings. The minimum absolute atomic E-state index is 0.142. The Balaban J connectivity index is 1.70. The second kappa shape index (κ2) is 9.43. The van der Waals surface area contributed by atoms with Crippen LogP contribution in [0.5, 0.6) is 5.75 Å². The Morgan fingerprint density at radius 2 is 1.88 bits per heavy atom. The molecule has 1 amide bonds. The number of halogens is 3. The topological polar surface area (TPSA) is 165 Å². The van der Waals surface area contributed by atoms with Gasteiger partial charge in [0, 0.05) is 12.0 Å². The van der Waals surface area contributed by atoms with Crippen LogP contribution in [0, 0.1) is 35.0 Å². The summed E-state index contributed by atoms with van der Waals surface area (Å²) in [4.78, 5) is 56.3. The summed E-state index contributed by atoms with van der Waals surface area (Å²) in [5.74, 6) is -11.1. The summed E-state index contributed by atoms with van der Waals surface area (Å²) in [6.07, 6.45) is -4.89. The maximum Gasteiger partial charge on any atom is 0.417 e. The number of likely N-dealkylation sites (tertiary alicyclic amines) is 1. The summed E-state index contributed by atoms with van der Waals surface area (Å²) in [7, 11) is 4.64. The van der Waals surface area contributed by atoms with Crippen molar-refractivity contribution in [3.63, 3.8) is 0 Å². The smallest absolute Gasteiger partial charge is 0.417 e. The van der Waals surface area contributed by atoms with E-state index in [0.717, 1.165) is 6.07 Å². The number of amides is 1. The standard InChI is InChI=1S/C28H33F3N4O6/c1-10-5-6-35(4)20(10)13-9-15(36)17-12(19(13)28(29,30)31)7-11-8-14-21(34(2)3)23(38)18(26(33)40)24(32)27(14,41)25(39)16(11)22(17)37/h9-11,14,16,18,20-21,32,36,41H,5-8H2,1-4H3,(H2,33,40). The minimum atomic E-state index is -4.88. The van der Waals surface area contributed by atoms with Crippen molar-refractivity contribution in [2.75, 3.05) is 27.7 Å². The molecule has 3 aliphatic carbocycles. The molecular weight excluding hydrogens is 545 g/mol. The normalized spacial score (nSPS) is 35.9. The number of rotatable bonds is 3. The summed E-state index contributed by atoms with van der Waals surface area (Å²) in [5, 5.41) is 31.2. The SMILES string of the molecule is CC1CCN(C)C1c1cc(O)c2c(c1C(F)(F)F)CC1CC3C(N(C)C)C(=O)C(C(N)=O)C(=N)C3(O)C(=O)C1C2=O. The molecule has 5 N–H and O–H groups in total. The van der Waals surface area contributed by atoms with Gasteiger partial charge in [-0.1, -0.05) is 6.92 Å². The molecule has 4 aliphatic rings. The average Bonchev–Trinajstić information content (AvgIpc) is 3.17. The highest BCUT2D eigenvalue weighted by atomic mass is 19.4. The first-order valence-corrected chi connectivity index (χ1v) is 13.5. The van der Waals surface area contributed by atoms with Crippen LogP contribution in [0.4, 0.5) is 13.2 Å². The van der Waals surface area contributed by atoms with Crippen LogP contribution in [-0.2, 0) is 27.0 Å². The number of carbonyl (C=O) groups excluding carboxylic acids is 4. The number of fused-ring (bicyclic) bond motifs is 3. The third-order valence-corrected chi connectivity index (χ3v) is 9.71. The molecule has 0 radical (unpaired) electrons. The number of benzene rings is 1. The van der Waals surface area contributed by atoms with Crippen molar-refractivity contribution in [2.24, 2.45) is 35.3 Å². The molecular formula is C28H33F3N4O6. The van der Waals surface area contributed by atoms with E-state index in [-0.39, 0.29) is 17.9 Å². The molecule has 1 aromatic carbocycles. The van der Waals surface area contributed by atoms with Crippen molar-refractivity contribution < 1.29 is 42.6 Å². The number of carbonyl (C=O) groups is 4. The van der Waals surface area contributed by atoms with Gasteiger partial charge in [-0.25, -0.2) is 0 Å². The van der Waals surface area contributed by atoms with Crippen molar-refractivity contribution in [1.82, 2.24) is 9.80 Å². The first-order valence-electron chi connectivity index (χ1n) is 13.5. The Morgan fingerprint density at radius 1 is 1.24 bits per heavy atom. The number of nitrogens with two attached hydrogens (primary N) is 1. The highest BCUT2D eigenvalue weighted by molar-refractivity contribution is 6.33. The van der Waals surface area contributed by atoms with Crippen LogP contribution in [-0.4, -0.2) is 88.3 Å². The van der Waals surface area contributed by atoms with Crippen molar-refractivity contribution in [1.29, 1.82) is 5.41 Å². The van der Waals surface area contributed by atoms with E-state index < -0.39 is 105 Å². The van der Waals surface area contributed by atoms with Gasteiger partial charge >= 0.3 is 6.18 Å². The molecule has 1 saturated heterocycles. The lowest BCUT2D eigenvalue weighted by Gasteiger charge is -2.53. The number of phenols is 1. The van der Waals surface area contributed by atoms with Crippen molar-refractivity contribution in [2.45, 2.75) is 50.0 Å². The Labute approximate surface area is 234 Å². The van der Waals surface area contributed by atoms with E-state index in [2.05, 4.69) is 0 Å². The number of primary amides is 1. The number of Topliss-reactive ketones (excluding diaryl/α,β-unsaturated/α-hetero) is 3.